The van der Waals surface area contributed by atoms with Crippen LogP contribution in [0, 0.1) is 5.92 Å². The molecule has 0 bridgehead atoms. The van der Waals surface area contributed by atoms with E-state index in [9.17, 15) is 20.1 Å². The van der Waals surface area contributed by atoms with Gasteiger partial charge in [-0.05, 0) is 63.8 Å². The molecule has 5 nitrogen and oxygen atoms in total. The van der Waals surface area contributed by atoms with Crippen molar-refractivity contribution in [2.75, 3.05) is 0 Å². The van der Waals surface area contributed by atoms with Gasteiger partial charge in [0.25, 0.3) is 0 Å². The van der Waals surface area contributed by atoms with Crippen molar-refractivity contribution in [3.8, 4) is 23.0 Å². The molecule has 0 saturated heterocycles. The summed E-state index contributed by atoms with van der Waals surface area (Å²) >= 11 is 0. The van der Waals surface area contributed by atoms with E-state index in [1.54, 1.807) is 6.07 Å². The van der Waals surface area contributed by atoms with Gasteiger partial charge in [0.2, 0.25) is 0 Å². The van der Waals surface area contributed by atoms with Gasteiger partial charge in [-0.3, -0.25) is 4.79 Å². The topological polar surface area (TPSA) is 87.0 Å². The summed E-state index contributed by atoms with van der Waals surface area (Å²) in [7, 11) is 0. The SMILES string of the molecule is CC1=C[C@@H]2c3c(CCC(=O)c4ccc(O)cc4O)ccc(O)c3OC(C)(C)[C@@H]2CC1. The molecule has 0 radical (unpaired) electrons. The third-order valence-corrected chi connectivity index (χ3v) is 6.51. The van der Waals surface area contributed by atoms with E-state index in [0.29, 0.717) is 18.1 Å². The number of aromatic hydroxyl groups is 3. The molecule has 2 aliphatic rings. The molecule has 4 rings (SSSR count). The van der Waals surface area contributed by atoms with Crippen LogP contribution in [0.4, 0.5) is 0 Å². The van der Waals surface area contributed by atoms with Crippen LogP contribution in [0.2, 0.25) is 0 Å². The molecule has 3 N–H and O–H groups in total. The first-order chi connectivity index (χ1) is 14.2. The smallest absolute Gasteiger partial charge is 0.166 e. The first-order valence-electron chi connectivity index (χ1n) is 10.4. The second-order valence-corrected chi connectivity index (χ2v) is 9.00. The molecule has 1 aliphatic carbocycles. The van der Waals surface area contributed by atoms with Crippen molar-refractivity contribution in [2.24, 2.45) is 5.92 Å². The van der Waals surface area contributed by atoms with Crippen LogP contribution in [0.25, 0.3) is 0 Å². The van der Waals surface area contributed by atoms with Gasteiger partial charge in [0.1, 0.15) is 17.1 Å². The van der Waals surface area contributed by atoms with E-state index in [-0.39, 0.29) is 40.9 Å². The van der Waals surface area contributed by atoms with Gasteiger partial charge in [-0.15, -0.1) is 0 Å². The van der Waals surface area contributed by atoms with Crippen molar-refractivity contribution in [2.45, 2.75) is 58.0 Å². The lowest BCUT2D eigenvalue weighted by atomic mass is 9.67. The number of allylic oxidation sites excluding steroid dienone is 2. The molecule has 158 valence electrons. The molecule has 1 aliphatic heterocycles. The number of carbonyl (C=O) groups excluding carboxylic acids is 1. The van der Waals surface area contributed by atoms with Crippen molar-refractivity contribution < 1.29 is 24.9 Å². The average molecular weight is 408 g/mol. The van der Waals surface area contributed by atoms with Crippen molar-refractivity contribution in [3.63, 3.8) is 0 Å². The number of hydrogen-bond acceptors (Lipinski definition) is 5. The third kappa shape index (κ3) is 3.53. The summed E-state index contributed by atoms with van der Waals surface area (Å²) in [4.78, 5) is 12.7. The monoisotopic (exact) mass is 408 g/mol. The number of aryl methyl sites for hydroxylation is 1. The number of hydrogen-bond donors (Lipinski definition) is 3. The fourth-order valence-corrected chi connectivity index (χ4v) is 4.93. The number of rotatable bonds is 4. The van der Waals surface area contributed by atoms with E-state index in [4.69, 9.17) is 4.74 Å². The minimum atomic E-state index is -0.390. The van der Waals surface area contributed by atoms with Crippen LogP contribution in [-0.4, -0.2) is 26.7 Å². The molecule has 0 aromatic heterocycles. The zero-order valence-electron chi connectivity index (χ0n) is 17.6. The predicted molar refractivity (Wildman–Crippen MR) is 114 cm³/mol. The molecular weight excluding hydrogens is 380 g/mol. The van der Waals surface area contributed by atoms with Gasteiger partial charge in [-0.2, -0.15) is 0 Å². The molecule has 0 saturated carbocycles. The molecule has 0 fully saturated rings. The lowest BCUT2D eigenvalue weighted by Gasteiger charge is -2.47. The first-order valence-corrected chi connectivity index (χ1v) is 10.4. The summed E-state index contributed by atoms with van der Waals surface area (Å²) in [5, 5.41) is 29.9. The molecule has 0 unspecified atom stereocenters. The highest BCUT2D eigenvalue weighted by Crippen LogP contribution is 2.54. The first kappa shape index (κ1) is 20.3. The Balaban J connectivity index is 1.68. The Morgan fingerprint density at radius 1 is 1.13 bits per heavy atom. The second-order valence-electron chi connectivity index (χ2n) is 9.00. The molecular formula is C25H28O5. The van der Waals surface area contributed by atoms with Crippen LogP contribution in [0.1, 0.15) is 67.4 Å². The Morgan fingerprint density at radius 2 is 1.90 bits per heavy atom. The summed E-state index contributed by atoms with van der Waals surface area (Å²) in [6, 6.07) is 7.51. The minimum absolute atomic E-state index is 0.0816. The lowest BCUT2D eigenvalue weighted by molar-refractivity contribution is 0.00880. The van der Waals surface area contributed by atoms with Crippen molar-refractivity contribution >= 4 is 5.78 Å². The fourth-order valence-electron chi connectivity index (χ4n) is 4.93. The van der Waals surface area contributed by atoms with E-state index in [0.717, 1.165) is 24.0 Å². The van der Waals surface area contributed by atoms with Crippen LogP contribution in [0.15, 0.2) is 42.0 Å². The zero-order chi connectivity index (χ0) is 21.6. The van der Waals surface area contributed by atoms with E-state index in [2.05, 4.69) is 26.8 Å². The van der Waals surface area contributed by atoms with Gasteiger partial charge in [0, 0.05) is 29.9 Å². The lowest BCUT2D eigenvalue weighted by Crippen LogP contribution is -2.45. The molecule has 5 heteroatoms. The van der Waals surface area contributed by atoms with Crippen LogP contribution >= 0.6 is 0 Å². The van der Waals surface area contributed by atoms with E-state index in [1.807, 2.05) is 6.07 Å². The summed E-state index contributed by atoms with van der Waals surface area (Å²) in [6.07, 6.45) is 5.03. The Hall–Kier alpha value is -2.95. The van der Waals surface area contributed by atoms with Gasteiger partial charge in [0.05, 0.1) is 5.56 Å². The van der Waals surface area contributed by atoms with Gasteiger partial charge >= 0.3 is 0 Å². The largest absolute Gasteiger partial charge is 0.508 e. The predicted octanol–water partition coefficient (Wildman–Crippen LogP) is 5.23. The third-order valence-electron chi connectivity index (χ3n) is 6.51. The fraction of sp³-hybridized carbons (Fsp3) is 0.400. The van der Waals surface area contributed by atoms with Crippen LogP contribution in [0.3, 0.4) is 0 Å². The van der Waals surface area contributed by atoms with Gasteiger partial charge in [-0.1, -0.05) is 17.7 Å². The highest BCUT2D eigenvalue weighted by molar-refractivity contribution is 5.98. The summed E-state index contributed by atoms with van der Waals surface area (Å²) in [5.41, 5.74) is 3.09. The van der Waals surface area contributed by atoms with Crippen molar-refractivity contribution in [1.82, 2.24) is 0 Å². The highest BCUT2D eigenvalue weighted by atomic mass is 16.5. The normalized spacial score (nSPS) is 21.8. The Kier molecular flexibility index (Phi) is 5.00. The molecule has 2 aromatic rings. The molecule has 0 spiro atoms. The number of ether oxygens (including phenoxy) is 1. The molecule has 2 aromatic carbocycles. The summed E-state index contributed by atoms with van der Waals surface area (Å²) in [6.45, 7) is 6.29. The Labute approximate surface area is 176 Å². The number of fused-ring (bicyclic) bond motifs is 3. The van der Waals surface area contributed by atoms with Gasteiger partial charge in [0.15, 0.2) is 17.3 Å². The maximum Gasteiger partial charge on any atom is 0.166 e. The van der Waals surface area contributed by atoms with Crippen LogP contribution in [0.5, 0.6) is 23.0 Å². The second kappa shape index (κ2) is 7.38. The quantitative estimate of drug-likeness (QED) is 0.476. The number of Topliss-reactive ketones (excluding diaryl/α,β-unsaturated/α-hetero) is 1. The molecule has 0 amide bonds. The van der Waals surface area contributed by atoms with E-state index >= 15 is 0 Å². The maximum atomic E-state index is 12.7. The van der Waals surface area contributed by atoms with Crippen LogP contribution in [-0.2, 0) is 6.42 Å². The summed E-state index contributed by atoms with van der Waals surface area (Å²) < 4.78 is 6.29. The Bertz CT molecular complexity index is 1030. The van der Waals surface area contributed by atoms with Gasteiger partial charge in [-0.25, -0.2) is 0 Å². The number of phenolic OH excluding ortho intramolecular Hbond substituents is 3. The van der Waals surface area contributed by atoms with Crippen LogP contribution < -0.4 is 4.74 Å². The number of carbonyl (C=O) groups is 1. The van der Waals surface area contributed by atoms with Crippen molar-refractivity contribution in [3.05, 3.63) is 58.7 Å². The highest BCUT2D eigenvalue weighted by Gasteiger charge is 2.45. The van der Waals surface area contributed by atoms with E-state index in [1.165, 1.54) is 23.8 Å². The number of benzene rings is 2. The van der Waals surface area contributed by atoms with E-state index < -0.39 is 5.60 Å². The molecule has 30 heavy (non-hydrogen) atoms. The average Bonchev–Trinajstić information content (AvgIpc) is 2.67. The summed E-state index contributed by atoms with van der Waals surface area (Å²) in [5.74, 6) is 0.579. The minimum Gasteiger partial charge on any atom is -0.508 e. The number of ketones is 1. The van der Waals surface area contributed by atoms with Crippen molar-refractivity contribution in [1.29, 1.82) is 0 Å². The maximum absolute atomic E-state index is 12.7. The molecule has 1 heterocycles. The van der Waals surface area contributed by atoms with Gasteiger partial charge < -0.3 is 20.1 Å². The number of phenols is 3. The Morgan fingerprint density at radius 3 is 2.63 bits per heavy atom. The zero-order valence-corrected chi connectivity index (χ0v) is 17.6. The standard InChI is InChI=1S/C25H28O5/c1-14-4-9-19-18(12-14)23-15(6-11-21(28)24(23)30-25(19,2)3)5-10-20(27)17-8-7-16(26)13-22(17)29/h6-8,11-13,18-19,26,28-29H,4-5,9-10H2,1-3H3/t18-,19+/m0/s1. The molecule has 2 atom stereocenters.